The molecule has 1 fully saturated rings. The number of hydrogen-bond donors (Lipinski definition) is 2. The molecular formula is C14H27N3O3. The van der Waals surface area contributed by atoms with Gasteiger partial charge in [0, 0.05) is 32.2 Å². The van der Waals surface area contributed by atoms with Crippen LogP contribution >= 0.6 is 0 Å². The zero-order valence-corrected chi connectivity index (χ0v) is 12.9. The number of aliphatic carboxylic acids is 1. The van der Waals surface area contributed by atoms with Crippen LogP contribution in [0.1, 0.15) is 34.1 Å². The molecule has 0 unspecified atom stereocenters. The second-order valence-electron chi connectivity index (χ2n) is 6.09. The quantitative estimate of drug-likeness (QED) is 0.796. The normalized spacial score (nSPS) is 18.4. The first-order chi connectivity index (χ1) is 9.31. The van der Waals surface area contributed by atoms with E-state index in [2.05, 4.69) is 24.1 Å². The topological polar surface area (TPSA) is 72.9 Å². The van der Waals surface area contributed by atoms with Crippen molar-refractivity contribution in [1.82, 2.24) is 15.1 Å². The summed E-state index contributed by atoms with van der Waals surface area (Å²) in [6, 6.07) is -0.583. The van der Waals surface area contributed by atoms with Crippen LogP contribution in [0, 0.1) is 5.92 Å². The van der Waals surface area contributed by atoms with Crippen molar-refractivity contribution in [3.05, 3.63) is 0 Å². The van der Waals surface area contributed by atoms with E-state index in [1.54, 1.807) is 4.90 Å². The van der Waals surface area contributed by atoms with E-state index in [0.717, 1.165) is 13.1 Å². The highest BCUT2D eigenvalue weighted by atomic mass is 16.4. The van der Waals surface area contributed by atoms with Crippen molar-refractivity contribution in [2.75, 3.05) is 26.2 Å². The van der Waals surface area contributed by atoms with Gasteiger partial charge in [0.25, 0.3) is 0 Å². The van der Waals surface area contributed by atoms with Gasteiger partial charge in [-0.25, -0.2) is 9.59 Å². The molecule has 20 heavy (non-hydrogen) atoms. The van der Waals surface area contributed by atoms with Crippen LogP contribution in [-0.4, -0.2) is 65.2 Å². The molecule has 0 bridgehead atoms. The molecule has 1 heterocycles. The molecule has 1 rings (SSSR count). The van der Waals surface area contributed by atoms with Crippen molar-refractivity contribution in [2.45, 2.75) is 46.2 Å². The lowest BCUT2D eigenvalue weighted by Crippen LogP contribution is -2.55. The molecule has 0 spiro atoms. The summed E-state index contributed by atoms with van der Waals surface area (Å²) < 4.78 is 0. The van der Waals surface area contributed by atoms with Crippen LogP contribution in [-0.2, 0) is 4.79 Å². The van der Waals surface area contributed by atoms with Crippen LogP contribution in [0.5, 0.6) is 0 Å². The summed E-state index contributed by atoms with van der Waals surface area (Å²) in [5.41, 5.74) is 0. The number of carbonyl (C=O) groups excluding carboxylic acids is 1. The molecule has 0 aliphatic carbocycles. The van der Waals surface area contributed by atoms with Gasteiger partial charge in [-0.15, -0.1) is 0 Å². The largest absolute Gasteiger partial charge is 0.480 e. The maximum atomic E-state index is 12.1. The molecule has 0 radical (unpaired) electrons. The van der Waals surface area contributed by atoms with E-state index in [-0.39, 0.29) is 11.9 Å². The molecule has 2 amide bonds. The minimum Gasteiger partial charge on any atom is -0.480 e. The second-order valence-corrected chi connectivity index (χ2v) is 6.09. The van der Waals surface area contributed by atoms with Gasteiger partial charge in [-0.05, 0) is 26.2 Å². The first-order valence-corrected chi connectivity index (χ1v) is 7.33. The smallest absolute Gasteiger partial charge is 0.326 e. The molecular weight excluding hydrogens is 258 g/mol. The lowest BCUT2D eigenvalue weighted by molar-refractivity contribution is -0.139. The number of carbonyl (C=O) groups is 2. The van der Waals surface area contributed by atoms with Gasteiger partial charge in [0.05, 0.1) is 0 Å². The minimum atomic E-state index is -0.965. The van der Waals surface area contributed by atoms with Gasteiger partial charge >= 0.3 is 12.0 Å². The molecule has 1 aliphatic rings. The molecule has 1 saturated heterocycles. The van der Waals surface area contributed by atoms with E-state index in [4.69, 9.17) is 5.11 Å². The Bertz CT molecular complexity index is 337. The summed E-state index contributed by atoms with van der Waals surface area (Å²) >= 11 is 0. The highest BCUT2D eigenvalue weighted by Crippen LogP contribution is 2.08. The number of nitrogens with zero attached hydrogens (tertiary/aromatic N) is 2. The van der Waals surface area contributed by atoms with Gasteiger partial charge in [-0.3, -0.25) is 4.90 Å². The molecule has 1 atom stereocenters. The summed E-state index contributed by atoms with van der Waals surface area (Å²) in [7, 11) is 0. The number of carboxylic acids is 1. The number of nitrogens with one attached hydrogen (secondary N) is 1. The SMILES string of the molecule is CC(C)C[C@H](NC(=O)N1CCN(C(C)C)CC1)C(=O)O. The molecule has 116 valence electrons. The molecule has 0 aromatic carbocycles. The molecule has 6 heteroatoms. The Morgan fingerprint density at radius 3 is 2.05 bits per heavy atom. The summed E-state index contributed by atoms with van der Waals surface area (Å²) in [6.07, 6.45) is 0.451. The molecule has 0 aromatic heterocycles. The van der Waals surface area contributed by atoms with Gasteiger partial charge in [0.15, 0.2) is 0 Å². The van der Waals surface area contributed by atoms with E-state index >= 15 is 0 Å². The van der Waals surface area contributed by atoms with Gasteiger partial charge in [0.2, 0.25) is 0 Å². The third kappa shape index (κ3) is 5.00. The average Bonchev–Trinajstić information content (AvgIpc) is 2.37. The number of amides is 2. The predicted molar refractivity (Wildman–Crippen MR) is 77.7 cm³/mol. The van der Waals surface area contributed by atoms with Crippen LogP contribution < -0.4 is 5.32 Å². The van der Waals surface area contributed by atoms with Crippen LogP contribution in [0.4, 0.5) is 4.79 Å². The van der Waals surface area contributed by atoms with Crippen LogP contribution in [0.2, 0.25) is 0 Å². The highest BCUT2D eigenvalue weighted by molar-refractivity contribution is 5.82. The van der Waals surface area contributed by atoms with E-state index in [9.17, 15) is 9.59 Å². The third-order valence-corrected chi connectivity index (χ3v) is 3.63. The van der Waals surface area contributed by atoms with Gasteiger partial charge in [-0.2, -0.15) is 0 Å². The lowest BCUT2D eigenvalue weighted by atomic mass is 10.0. The Labute approximate surface area is 121 Å². The number of urea groups is 1. The van der Waals surface area contributed by atoms with Crippen LogP contribution in [0.25, 0.3) is 0 Å². The number of carboxylic acid groups (broad SMARTS) is 1. The zero-order valence-electron chi connectivity index (χ0n) is 12.9. The Hall–Kier alpha value is -1.30. The van der Waals surface area contributed by atoms with Crippen molar-refractivity contribution in [3.8, 4) is 0 Å². The average molecular weight is 285 g/mol. The van der Waals surface area contributed by atoms with Crippen LogP contribution in [0.15, 0.2) is 0 Å². The lowest BCUT2D eigenvalue weighted by Gasteiger charge is -2.37. The highest BCUT2D eigenvalue weighted by Gasteiger charge is 2.26. The van der Waals surface area contributed by atoms with E-state index in [0.29, 0.717) is 25.6 Å². The number of hydrogen-bond acceptors (Lipinski definition) is 3. The summed E-state index contributed by atoms with van der Waals surface area (Å²) in [4.78, 5) is 27.3. The standard InChI is InChI=1S/C14H27N3O3/c1-10(2)9-12(13(18)19)15-14(20)17-7-5-16(6-8-17)11(3)4/h10-12H,5-9H2,1-4H3,(H,15,20)(H,18,19)/t12-/m0/s1. The first-order valence-electron chi connectivity index (χ1n) is 7.33. The fraction of sp³-hybridized carbons (Fsp3) is 0.857. The third-order valence-electron chi connectivity index (χ3n) is 3.63. The Balaban J connectivity index is 2.48. The maximum absolute atomic E-state index is 12.1. The van der Waals surface area contributed by atoms with E-state index in [1.165, 1.54) is 0 Å². The van der Waals surface area contributed by atoms with Crippen molar-refractivity contribution in [3.63, 3.8) is 0 Å². The summed E-state index contributed by atoms with van der Waals surface area (Å²) in [6.45, 7) is 11.2. The molecule has 0 aromatic rings. The van der Waals surface area contributed by atoms with Crippen molar-refractivity contribution < 1.29 is 14.7 Å². The van der Waals surface area contributed by atoms with Gasteiger partial charge in [-0.1, -0.05) is 13.8 Å². The second kappa shape index (κ2) is 7.47. The molecule has 6 nitrogen and oxygen atoms in total. The monoisotopic (exact) mass is 285 g/mol. The molecule has 2 N–H and O–H groups in total. The maximum Gasteiger partial charge on any atom is 0.326 e. The number of piperazine rings is 1. The van der Waals surface area contributed by atoms with Crippen molar-refractivity contribution >= 4 is 12.0 Å². The predicted octanol–water partition coefficient (Wildman–Crippen LogP) is 1.22. The fourth-order valence-electron chi connectivity index (χ4n) is 2.37. The summed E-state index contributed by atoms with van der Waals surface area (Å²) in [5.74, 6) is -0.734. The molecule has 0 saturated carbocycles. The van der Waals surface area contributed by atoms with E-state index in [1.807, 2.05) is 13.8 Å². The van der Waals surface area contributed by atoms with Gasteiger partial charge < -0.3 is 15.3 Å². The van der Waals surface area contributed by atoms with Crippen LogP contribution in [0.3, 0.4) is 0 Å². The van der Waals surface area contributed by atoms with E-state index < -0.39 is 12.0 Å². The van der Waals surface area contributed by atoms with Crippen molar-refractivity contribution in [1.29, 1.82) is 0 Å². The molecule has 1 aliphatic heterocycles. The fourth-order valence-corrected chi connectivity index (χ4v) is 2.37. The zero-order chi connectivity index (χ0) is 15.3. The Kier molecular flexibility index (Phi) is 6.26. The summed E-state index contributed by atoms with van der Waals surface area (Å²) in [5, 5.41) is 11.8. The van der Waals surface area contributed by atoms with Crippen molar-refractivity contribution in [2.24, 2.45) is 5.92 Å². The minimum absolute atomic E-state index is 0.231. The first kappa shape index (κ1) is 16.8. The van der Waals surface area contributed by atoms with Gasteiger partial charge in [0.1, 0.15) is 6.04 Å². The Morgan fingerprint density at radius 1 is 1.10 bits per heavy atom. The Morgan fingerprint density at radius 2 is 1.65 bits per heavy atom. The number of rotatable bonds is 5.